The Morgan fingerprint density at radius 2 is 1.64 bits per heavy atom. The maximum absolute atomic E-state index is 13.1. The fourth-order valence-electron chi connectivity index (χ4n) is 3.13. The highest BCUT2D eigenvalue weighted by Gasteiger charge is 2.47. The number of aliphatic carboxylic acids is 1. The van der Waals surface area contributed by atoms with Gasteiger partial charge in [0, 0.05) is 0 Å². The summed E-state index contributed by atoms with van der Waals surface area (Å²) in [5, 5.41) is 9.71. The van der Waals surface area contributed by atoms with E-state index in [9.17, 15) is 19.5 Å². The summed E-state index contributed by atoms with van der Waals surface area (Å²) < 4.78 is 0. The van der Waals surface area contributed by atoms with Crippen molar-refractivity contribution in [1.29, 1.82) is 0 Å². The molecule has 7 heteroatoms. The Morgan fingerprint density at radius 1 is 1.04 bits per heavy atom. The normalized spacial score (nSPS) is 16.7. The fourth-order valence-corrected chi connectivity index (χ4v) is 3.13. The van der Waals surface area contributed by atoms with E-state index in [1.165, 1.54) is 0 Å². The van der Waals surface area contributed by atoms with Crippen LogP contribution >= 0.6 is 0 Å². The quantitative estimate of drug-likeness (QED) is 0.569. The summed E-state index contributed by atoms with van der Waals surface area (Å²) in [4.78, 5) is 40.2. The number of carboxylic acids is 1. The van der Waals surface area contributed by atoms with Crippen molar-refractivity contribution in [2.75, 3.05) is 11.4 Å². The number of hydrogen-bond donors (Lipinski definition) is 2. The Hall–Kier alpha value is -3.45. The van der Waals surface area contributed by atoms with Gasteiger partial charge in [-0.1, -0.05) is 48.5 Å². The molecule has 0 bridgehead atoms. The zero-order chi connectivity index (χ0) is 20.1. The van der Waals surface area contributed by atoms with Gasteiger partial charge in [-0.3, -0.25) is 9.69 Å². The number of imide groups is 1. The molecule has 1 saturated heterocycles. The van der Waals surface area contributed by atoms with E-state index in [1.807, 2.05) is 6.07 Å². The molecule has 0 saturated carbocycles. The molecule has 1 aliphatic heterocycles. The maximum atomic E-state index is 13.1. The second-order valence-electron chi connectivity index (χ2n) is 6.35. The van der Waals surface area contributed by atoms with Crippen LogP contribution in [0, 0.1) is 0 Å². The van der Waals surface area contributed by atoms with Crippen molar-refractivity contribution in [2.45, 2.75) is 18.9 Å². The molecule has 1 fully saturated rings. The van der Waals surface area contributed by atoms with E-state index in [-0.39, 0.29) is 12.1 Å². The van der Waals surface area contributed by atoms with E-state index in [4.69, 9.17) is 5.73 Å². The minimum absolute atomic E-state index is 0.0319. The number of nitrogens with two attached hydrogens (primary N) is 1. The number of carbonyl (C=O) groups is 3. The lowest BCUT2D eigenvalue weighted by Crippen LogP contribution is -2.43. The van der Waals surface area contributed by atoms with Crippen LogP contribution in [-0.2, 0) is 9.59 Å². The standard InChI is InChI=1S/C21H21N3O4/c22-13-7-12-17(20(26)27)24-18(14-15-8-3-1-4-9-15)19(25)23(21(24)28)16-10-5-2-6-11-16/h1-6,8-11,14,17H,7,12-13,22H2,(H,26,27)/b18-14+/t17-/m0/s1. The molecular weight excluding hydrogens is 358 g/mol. The number of para-hydroxylation sites is 1. The van der Waals surface area contributed by atoms with Crippen molar-refractivity contribution in [3.8, 4) is 0 Å². The first-order valence-electron chi connectivity index (χ1n) is 8.97. The number of hydrogen-bond acceptors (Lipinski definition) is 4. The van der Waals surface area contributed by atoms with Crippen LogP contribution in [-0.4, -0.2) is 40.5 Å². The van der Waals surface area contributed by atoms with Crippen molar-refractivity contribution >= 4 is 29.7 Å². The molecule has 144 valence electrons. The summed E-state index contributed by atoms with van der Waals surface area (Å²) in [6.07, 6.45) is 2.11. The lowest BCUT2D eigenvalue weighted by Gasteiger charge is -2.24. The number of nitrogens with zero attached hydrogens (tertiary/aromatic N) is 2. The zero-order valence-electron chi connectivity index (χ0n) is 15.2. The van der Waals surface area contributed by atoms with Crippen LogP contribution in [0.4, 0.5) is 10.5 Å². The molecular formula is C21H21N3O4. The Balaban J connectivity index is 2.09. The number of anilines is 1. The molecule has 1 aliphatic rings. The smallest absolute Gasteiger partial charge is 0.337 e. The van der Waals surface area contributed by atoms with Gasteiger partial charge in [-0.05, 0) is 43.2 Å². The highest BCUT2D eigenvalue weighted by molar-refractivity contribution is 6.28. The van der Waals surface area contributed by atoms with Gasteiger partial charge in [0.05, 0.1) is 5.69 Å². The molecule has 0 spiro atoms. The predicted octanol–water partition coefficient (Wildman–Crippen LogP) is 2.69. The molecule has 2 aromatic carbocycles. The fraction of sp³-hybridized carbons (Fsp3) is 0.190. The van der Waals surface area contributed by atoms with E-state index in [0.29, 0.717) is 24.2 Å². The highest BCUT2D eigenvalue weighted by Crippen LogP contribution is 2.31. The molecule has 3 N–H and O–H groups in total. The van der Waals surface area contributed by atoms with Gasteiger partial charge in [0.15, 0.2) is 0 Å². The molecule has 3 amide bonds. The van der Waals surface area contributed by atoms with E-state index in [2.05, 4.69) is 0 Å². The van der Waals surface area contributed by atoms with Gasteiger partial charge in [-0.25, -0.2) is 14.5 Å². The van der Waals surface area contributed by atoms with Gasteiger partial charge in [-0.15, -0.1) is 0 Å². The van der Waals surface area contributed by atoms with Crippen molar-refractivity contribution in [2.24, 2.45) is 5.73 Å². The van der Waals surface area contributed by atoms with Gasteiger partial charge in [0.25, 0.3) is 5.91 Å². The average Bonchev–Trinajstić information content (AvgIpc) is 2.94. The molecule has 3 rings (SSSR count). The SMILES string of the molecule is NCCC[C@@H](C(=O)O)N1C(=O)N(c2ccccc2)C(=O)/C1=C\c1ccccc1. The molecule has 2 aromatic rings. The van der Waals surface area contributed by atoms with Crippen LogP contribution < -0.4 is 10.6 Å². The number of carboxylic acid groups (broad SMARTS) is 1. The van der Waals surface area contributed by atoms with Crippen molar-refractivity contribution < 1.29 is 19.5 Å². The van der Waals surface area contributed by atoms with Gasteiger partial charge in [0.1, 0.15) is 11.7 Å². The average molecular weight is 379 g/mol. The van der Waals surface area contributed by atoms with E-state index < -0.39 is 23.9 Å². The van der Waals surface area contributed by atoms with Crippen LogP contribution in [0.25, 0.3) is 6.08 Å². The molecule has 0 aliphatic carbocycles. The maximum Gasteiger partial charge on any atom is 0.337 e. The predicted molar refractivity (Wildman–Crippen MR) is 105 cm³/mol. The van der Waals surface area contributed by atoms with Crippen molar-refractivity contribution in [3.63, 3.8) is 0 Å². The molecule has 0 unspecified atom stereocenters. The largest absolute Gasteiger partial charge is 0.480 e. The van der Waals surface area contributed by atoms with Gasteiger partial charge >= 0.3 is 12.0 Å². The van der Waals surface area contributed by atoms with E-state index >= 15 is 0 Å². The third-order valence-electron chi connectivity index (χ3n) is 4.47. The molecule has 28 heavy (non-hydrogen) atoms. The van der Waals surface area contributed by atoms with Crippen molar-refractivity contribution in [1.82, 2.24) is 4.90 Å². The lowest BCUT2D eigenvalue weighted by atomic mass is 10.1. The second kappa shape index (κ2) is 8.49. The molecule has 1 heterocycles. The number of rotatable bonds is 7. The van der Waals surface area contributed by atoms with Crippen LogP contribution in [0.1, 0.15) is 18.4 Å². The first-order valence-corrected chi connectivity index (χ1v) is 8.97. The summed E-state index contributed by atoms with van der Waals surface area (Å²) in [5.41, 5.74) is 6.64. The Kier molecular flexibility index (Phi) is 5.86. The number of carbonyl (C=O) groups excluding carboxylic acids is 2. The van der Waals surface area contributed by atoms with Crippen molar-refractivity contribution in [3.05, 3.63) is 71.9 Å². The Bertz CT molecular complexity index is 896. The molecule has 0 radical (unpaired) electrons. The summed E-state index contributed by atoms with van der Waals surface area (Å²) in [7, 11) is 0. The summed E-state index contributed by atoms with van der Waals surface area (Å²) in [6, 6.07) is 15.6. The first kappa shape index (κ1) is 19.3. The minimum atomic E-state index is -1.18. The van der Waals surface area contributed by atoms with Crippen LogP contribution in [0.3, 0.4) is 0 Å². The number of amides is 3. The zero-order valence-corrected chi connectivity index (χ0v) is 15.2. The number of urea groups is 1. The third-order valence-corrected chi connectivity index (χ3v) is 4.47. The van der Waals surface area contributed by atoms with Crippen LogP contribution in [0.15, 0.2) is 66.4 Å². The van der Waals surface area contributed by atoms with Gasteiger partial charge in [-0.2, -0.15) is 0 Å². The van der Waals surface area contributed by atoms with Gasteiger partial charge < -0.3 is 10.8 Å². The molecule has 7 nitrogen and oxygen atoms in total. The van der Waals surface area contributed by atoms with Gasteiger partial charge in [0.2, 0.25) is 0 Å². The number of benzene rings is 2. The van der Waals surface area contributed by atoms with E-state index in [1.54, 1.807) is 60.7 Å². The second-order valence-corrected chi connectivity index (χ2v) is 6.35. The third kappa shape index (κ3) is 3.79. The monoisotopic (exact) mass is 379 g/mol. The summed E-state index contributed by atoms with van der Waals surface area (Å²) in [6.45, 7) is 0.292. The topological polar surface area (TPSA) is 104 Å². The highest BCUT2D eigenvalue weighted by atomic mass is 16.4. The van der Waals surface area contributed by atoms with Crippen LogP contribution in [0.5, 0.6) is 0 Å². The molecule has 0 aromatic heterocycles. The summed E-state index contributed by atoms with van der Waals surface area (Å²) >= 11 is 0. The van der Waals surface area contributed by atoms with E-state index in [0.717, 1.165) is 9.80 Å². The lowest BCUT2D eigenvalue weighted by molar-refractivity contribution is -0.141. The minimum Gasteiger partial charge on any atom is -0.480 e. The molecule has 1 atom stereocenters. The summed E-state index contributed by atoms with van der Waals surface area (Å²) in [5.74, 6) is -1.73. The van der Waals surface area contributed by atoms with Crippen LogP contribution in [0.2, 0.25) is 0 Å². The first-order chi connectivity index (χ1) is 13.5. The Morgan fingerprint density at radius 3 is 2.21 bits per heavy atom. The Labute approximate surface area is 162 Å².